The lowest BCUT2D eigenvalue weighted by Gasteiger charge is -2.05. The molecule has 0 saturated heterocycles. The van der Waals surface area contributed by atoms with Gasteiger partial charge in [-0.25, -0.2) is 0 Å². The van der Waals surface area contributed by atoms with Crippen molar-refractivity contribution in [3.63, 3.8) is 0 Å². The van der Waals surface area contributed by atoms with Gasteiger partial charge in [-0.3, -0.25) is 0 Å². The van der Waals surface area contributed by atoms with Crippen molar-refractivity contribution in [1.29, 1.82) is 0 Å². The topological polar surface area (TPSA) is 0 Å². The Labute approximate surface area is 141 Å². The van der Waals surface area contributed by atoms with Crippen LogP contribution < -0.4 is 0 Å². The van der Waals surface area contributed by atoms with Gasteiger partial charge >= 0.3 is 0 Å². The third-order valence-electron chi connectivity index (χ3n) is 4.47. The van der Waals surface area contributed by atoms with E-state index in [0.717, 1.165) is 0 Å². The number of fused-ring (bicyclic) bond motifs is 1. The summed E-state index contributed by atoms with van der Waals surface area (Å²) in [6.45, 7) is 4.34. The number of allylic oxidation sites excluding steroid dienone is 4. The van der Waals surface area contributed by atoms with Gasteiger partial charge in [0.2, 0.25) is 0 Å². The summed E-state index contributed by atoms with van der Waals surface area (Å²) in [6, 6.07) is 15.4. The van der Waals surface area contributed by atoms with Gasteiger partial charge in [-0.1, -0.05) is 73.9 Å². The van der Waals surface area contributed by atoms with Crippen LogP contribution in [0.15, 0.2) is 60.7 Å². The van der Waals surface area contributed by atoms with Crippen LogP contribution in [-0.4, -0.2) is 0 Å². The summed E-state index contributed by atoms with van der Waals surface area (Å²) < 4.78 is 0. The van der Waals surface area contributed by atoms with E-state index in [0.29, 0.717) is 0 Å². The maximum atomic E-state index is 2.41. The van der Waals surface area contributed by atoms with Crippen molar-refractivity contribution in [3.8, 4) is 0 Å². The Bertz CT molecular complexity index is 646. The van der Waals surface area contributed by atoms with Gasteiger partial charge in [0.05, 0.1) is 0 Å². The van der Waals surface area contributed by atoms with Crippen molar-refractivity contribution in [2.24, 2.45) is 0 Å². The summed E-state index contributed by atoms with van der Waals surface area (Å²) in [6.07, 6.45) is 16.0. The van der Waals surface area contributed by atoms with E-state index in [4.69, 9.17) is 0 Å². The van der Waals surface area contributed by atoms with Gasteiger partial charge in [-0.15, -0.1) is 0 Å². The summed E-state index contributed by atoms with van der Waals surface area (Å²) in [4.78, 5) is 0. The Morgan fingerprint density at radius 1 is 0.826 bits per heavy atom. The zero-order valence-corrected chi connectivity index (χ0v) is 14.7. The molecule has 0 aliphatic heterocycles. The number of hydrogen-bond donors (Lipinski definition) is 0. The molecule has 0 radical (unpaired) electrons. The summed E-state index contributed by atoms with van der Waals surface area (Å²) in [5, 5.41) is 2.65. The molecule has 0 saturated carbocycles. The minimum Gasteiger partial charge on any atom is -0.0917 e. The molecule has 0 N–H and O–H groups in total. The second-order valence-electron chi connectivity index (χ2n) is 6.36. The van der Waals surface area contributed by atoms with Crippen LogP contribution in [0.1, 0.15) is 64.4 Å². The average molecular weight is 306 g/mol. The number of benzene rings is 2. The van der Waals surface area contributed by atoms with Gasteiger partial charge in [0.25, 0.3) is 0 Å². The first kappa shape index (κ1) is 17.5. The quantitative estimate of drug-likeness (QED) is 0.331. The molecule has 0 fully saturated rings. The van der Waals surface area contributed by atoms with Crippen molar-refractivity contribution in [1.82, 2.24) is 0 Å². The molecule has 0 bridgehead atoms. The molecular weight excluding hydrogens is 276 g/mol. The molecular formula is C23H30. The zero-order valence-electron chi connectivity index (χ0n) is 14.7. The third-order valence-corrected chi connectivity index (χ3v) is 4.47. The van der Waals surface area contributed by atoms with Crippen LogP contribution in [0.5, 0.6) is 0 Å². The standard InChI is InChI=1S/C23H30/c1-3-4-5-6-7-8-9-10-11-14-20(2)22-18-17-21-15-12-13-16-23(21)19-22/h3-4,12-19H,5-11H2,1-2H3/b4-3+,20-14-. The van der Waals surface area contributed by atoms with E-state index < -0.39 is 0 Å². The van der Waals surface area contributed by atoms with E-state index in [2.05, 4.69) is 74.5 Å². The summed E-state index contributed by atoms with van der Waals surface area (Å²) >= 11 is 0. The van der Waals surface area contributed by atoms with Gasteiger partial charge in [0.1, 0.15) is 0 Å². The van der Waals surface area contributed by atoms with Crippen LogP contribution in [0.25, 0.3) is 16.3 Å². The first-order chi connectivity index (χ1) is 11.3. The average Bonchev–Trinajstić information content (AvgIpc) is 2.59. The van der Waals surface area contributed by atoms with Crippen molar-refractivity contribution in [3.05, 3.63) is 66.3 Å². The Kier molecular flexibility index (Phi) is 7.66. The summed E-state index contributed by atoms with van der Waals surface area (Å²) in [5.41, 5.74) is 2.76. The van der Waals surface area contributed by atoms with Crippen molar-refractivity contribution >= 4 is 16.3 Å². The summed E-state index contributed by atoms with van der Waals surface area (Å²) in [5.74, 6) is 0. The first-order valence-corrected chi connectivity index (χ1v) is 9.08. The van der Waals surface area contributed by atoms with Crippen LogP contribution in [0, 0.1) is 0 Å². The number of unbranched alkanes of at least 4 members (excludes halogenated alkanes) is 6. The Morgan fingerprint density at radius 3 is 2.30 bits per heavy atom. The zero-order chi connectivity index (χ0) is 16.3. The van der Waals surface area contributed by atoms with Crippen LogP contribution in [0.4, 0.5) is 0 Å². The Hall–Kier alpha value is -1.82. The van der Waals surface area contributed by atoms with Gasteiger partial charge in [0, 0.05) is 0 Å². The highest BCUT2D eigenvalue weighted by Crippen LogP contribution is 2.21. The molecule has 0 unspecified atom stereocenters. The number of rotatable bonds is 9. The lowest BCUT2D eigenvalue weighted by Crippen LogP contribution is -1.82. The molecule has 2 aromatic carbocycles. The maximum Gasteiger partial charge on any atom is -0.0178 e. The second kappa shape index (κ2) is 10.0. The van der Waals surface area contributed by atoms with Crippen LogP contribution in [0.2, 0.25) is 0 Å². The first-order valence-electron chi connectivity index (χ1n) is 9.08. The lowest BCUT2D eigenvalue weighted by molar-refractivity contribution is 0.622. The van der Waals surface area contributed by atoms with Crippen molar-refractivity contribution in [2.75, 3.05) is 0 Å². The maximum absolute atomic E-state index is 2.41. The molecule has 0 heterocycles. The van der Waals surface area contributed by atoms with E-state index in [9.17, 15) is 0 Å². The Morgan fingerprint density at radius 2 is 1.52 bits per heavy atom. The molecule has 0 atom stereocenters. The fourth-order valence-corrected chi connectivity index (χ4v) is 2.97. The van der Waals surface area contributed by atoms with Crippen molar-refractivity contribution in [2.45, 2.75) is 58.8 Å². The molecule has 0 aliphatic carbocycles. The molecule has 0 aliphatic rings. The Balaban J connectivity index is 1.74. The van der Waals surface area contributed by atoms with Crippen LogP contribution >= 0.6 is 0 Å². The van der Waals surface area contributed by atoms with Gasteiger partial charge < -0.3 is 0 Å². The SMILES string of the molecule is C/C=C/CCCCCCC/C=C(/C)c1ccc2ccccc2c1. The predicted molar refractivity (Wildman–Crippen MR) is 105 cm³/mol. The largest absolute Gasteiger partial charge is 0.0917 e. The summed E-state index contributed by atoms with van der Waals surface area (Å²) in [7, 11) is 0. The van der Waals surface area contributed by atoms with Crippen molar-refractivity contribution < 1.29 is 0 Å². The molecule has 23 heavy (non-hydrogen) atoms. The predicted octanol–water partition coefficient (Wildman–Crippen LogP) is 7.55. The second-order valence-corrected chi connectivity index (χ2v) is 6.36. The minimum absolute atomic E-state index is 1.20. The fraction of sp³-hybridized carbons (Fsp3) is 0.391. The molecule has 0 aromatic heterocycles. The van der Waals surface area contributed by atoms with Crippen LogP contribution in [0.3, 0.4) is 0 Å². The van der Waals surface area contributed by atoms with E-state index in [-0.39, 0.29) is 0 Å². The lowest BCUT2D eigenvalue weighted by atomic mass is 10.0. The van der Waals surface area contributed by atoms with Gasteiger partial charge in [-0.05, 0) is 67.5 Å². The minimum atomic E-state index is 1.20. The molecule has 0 heteroatoms. The highest BCUT2D eigenvalue weighted by molar-refractivity contribution is 5.86. The van der Waals surface area contributed by atoms with E-state index in [1.165, 1.54) is 66.9 Å². The molecule has 2 aromatic rings. The number of hydrogen-bond acceptors (Lipinski definition) is 0. The molecule has 0 amide bonds. The fourth-order valence-electron chi connectivity index (χ4n) is 2.97. The van der Waals surface area contributed by atoms with E-state index in [1.807, 2.05) is 0 Å². The van der Waals surface area contributed by atoms with E-state index >= 15 is 0 Å². The van der Waals surface area contributed by atoms with Crippen LogP contribution in [-0.2, 0) is 0 Å². The molecule has 0 spiro atoms. The molecule has 2 rings (SSSR count). The van der Waals surface area contributed by atoms with Gasteiger partial charge in [0.15, 0.2) is 0 Å². The normalized spacial score (nSPS) is 12.3. The highest BCUT2D eigenvalue weighted by Gasteiger charge is 1.98. The third kappa shape index (κ3) is 6.06. The van der Waals surface area contributed by atoms with Gasteiger partial charge in [-0.2, -0.15) is 0 Å². The molecule has 0 nitrogen and oxygen atoms in total. The van der Waals surface area contributed by atoms with E-state index in [1.54, 1.807) is 0 Å². The smallest absolute Gasteiger partial charge is 0.0178 e. The highest BCUT2D eigenvalue weighted by atomic mass is 14.0. The molecule has 122 valence electrons. The monoisotopic (exact) mass is 306 g/mol.